The Morgan fingerprint density at radius 3 is 2.55 bits per heavy atom. The van der Waals surface area contributed by atoms with Gasteiger partial charge in [0, 0.05) is 35.8 Å². The third-order valence-corrected chi connectivity index (χ3v) is 4.31. The minimum Gasteiger partial charge on any atom is -0.289 e. The van der Waals surface area contributed by atoms with Gasteiger partial charge in [-0.1, -0.05) is 18.2 Å². The van der Waals surface area contributed by atoms with Gasteiger partial charge in [0.2, 0.25) is 0 Å². The van der Waals surface area contributed by atoms with E-state index in [4.69, 9.17) is 0 Å². The van der Waals surface area contributed by atoms with Crippen molar-refractivity contribution in [1.82, 2.24) is 14.8 Å². The highest BCUT2D eigenvalue weighted by Gasteiger charge is 2.13. The first-order valence-electron chi connectivity index (χ1n) is 8.85. The van der Waals surface area contributed by atoms with Crippen LogP contribution in [-0.2, 0) is 0 Å². The van der Waals surface area contributed by atoms with E-state index in [1.165, 1.54) is 6.08 Å². The van der Waals surface area contributed by atoms with Gasteiger partial charge in [0.05, 0.1) is 11.3 Å². The number of pyridine rings is 1. The van der Waals surface area contributed by atoms with Gasteiger partial charge < -0.3 is 0 Å². The second-order valence-electron chi connectivity index (χ2n) is 6.28. The van der Waals surface area contributed by atoms with Gasteiger partial charge in [0.1, 0.15) is 17.3 Å². The first-order valence-corrected chi connectivity index (χ1v) is 8.85. The molecule has 0 fully saturated rings. The van der Waals surface area contributed by atoms with E-state index in [2.05, 4.69) is 10.1 Å². The summed E-state index contributed by atoms with van der Waals surface area (Å²) in [6, 6.07) is 16.1. The van der Waals surface area contributed by atoms with Gasteiger partial charge in [0.25, 0.3) is 0 Å². The monoisotopic (exact) mass is 387 g/mol. The van der Waals surface area contributed by atoms with Crippen LogP contribution in [0, 0.1) is 11.6 Å². The van der Waals surface area contributed by atoms with Gasteiger partial charge in [-0.05, 0) is 48.6 Å². The number of aromatic nitrogens is 3. The van der Waals surface area contributed by atoms with Crippen LogP contribution < -0.4 is 0 Å². The molecule has 2 aromatic carbocycles. The molecule has 4 nitrogen and oxygen atoms in total. The fourth-order valence-electron chi connectivity index (χ4n) is 2.89. The average Bonchev–Trinajstić information content (AvgIpc) is 3.18. The molecule has 0 bridgehead atoms. The summed E-state index contributed by atoms with van der Waals surface area (Å²) in [6.07, 6.45) is 7.94. The van der Waals surface area contributed by atoms with Gasteiger partial charge in [-0.2, -0.15) is 5.10 Å². The molecule has 142 valence electrons. The van der Waals surface area contributed by atoms with E-state index in [0.29, 0.717) is 17.3 Å². The number of allylic oxidation sites excluding steroid dienone is 1. The average molecular weight is 387 g/mol. The van der Waals surface area contributed by atoms with Gasteiger partial charge in [-0.25, -0.2) is 13.5 Å². The molecule has 0 aliphatic carbocycles. The van der Waals surface area contributed by atoms with Crippen LogP contribution in [0.1, 0.15) is 15.9 Å². The molecule has 0 radical (unpaired) electrons. The van der Waals surface area contributed by atoms with Crippen LogP contribution in [0.25, 0.3) is 23.0 Å². The maximum atomic E-state index is 13.9. The van der Waals surface area contributed by atoms with Crippen LogP contribution in [0.4, 0.5) is 8.78 Å². The normalized spacial score (nSPS) is 11.1. The number of carbonyl (C=O) groups is 1. The first kappa shape index (κ1) is 18.4. The van der Waals surface area contributed by atoms with Crippen LogP contribution in [-0.4, -0.2) is 20.5 Å². The third-order valence-electron chi connectivity index (χ3n) is 4.31. The van der Waals surface area contributed by atoms with Crippen LogP contribution in [0.15, 0.2) is 85.3 Å². The number of rotatable bonds is 5. The number of carbonyl (C=O) groups excluding carboxylic acids is 1. The Balaban J connectivity index is 1.73. The van der Waals surface area contributed by atoms with E-state index in [1.807, 2.05) is 36.4 Å². The lowest BCUT2D eigenvalue weighted by Gasteiger charge is -2.00. The maximum absolute atomic E-state index is 13.9. The smallest absolute Gasteiger partial charge is 0.188 e. The van der Waals surface area contributed by atoms with E-state index in [-0.39, 0.29) is 5.56 Å². The van der Waals surface area contributed by atoms with Crippen molar-refractivity contribution in [3.05, 3.63) is 108 Å². The van der Waals surface area contributed by atoms with E-state index in [9.17, 15) is 13.6 Å². The van der Waals surface area contributed by atoms with Crippen LogP contribution in [0.2, 0.25) is 0 Å². The van der Waals surface area contributed by atoms with Crippen molar-refractivity contribution in [2.24, 2.45) is 0 Å². The standard InChI is InChI=1S/C23H15F2N3O/c24-18-9-10-20(21(25)13-18)22(29)11-8-17-15-28(19-6-2-1-3-7-19)27-23(17)16-5-4-12-26-14-16/h1-15H/b11-8+. The fraction of sp³-hybridized carbons (Fsp3) is 0. The molecule has 6 heteroatoms. The van der Waals surface area contributed by atoms with Crippen molar-refractivity contribution in [3.63, 3.8) is 0 Å². The molecule has 2 heterocycles. The van der Waals surface area contributed by atoms with E-state index >= 15 is 0 Å². The Morgan fingerprint density at radius 1 is 1.00 bits per heavy atom. The fourth-order valence-corrected chi connectivity index (χ4v) is 2.89. The number of ketones is 1. The van der Waals surface area contributed by atoms with Crippen LogP contribution in [0.5, 0.6) is 0 Å². The molecule has 0 unspecified atom stereocenters. The number of hydrogen-bond acceptors (Lipinski definition) is 3. The number of nitrogens with zero attached hydrogens (tertiary/aromatic N) is 3. The van der Waals surface area contributed by atoms with Crippen molar-refractivity contribution in [2.45, 2.75) is 0 Å². The molecule has 0 spiro atoms. The largest absolute Gasteiger partial charge is 0.289 e. The predicted molar refractivity (Wildman–Crippen MR) is 107 cm³/mol. The highest BCUT2D eigenvalue weighted by atomic mass is 19.1. The molecule has 29 heavy (non-hydrogen) atoms. The van der Waals surface area contributed by atoms with Crippen molar-refractivity contribution in [2.75, 3.05) is 0 Å². The first-order chi connectivity index (χ1) is 14.1. The SMILES string of the molecule is O=C(/C=C/c1cn(-c2ccccc2)nc1-c1cccnc1)c1ccc(F)cc1F. The zero-order chi connectivity index (χ0) is 20.2. The topological polar surface area (TPSA) is 47.8 Å². The molecule has 0 aliphatic rings. The number of benzene rings is 2. The van der Waals surface area contributed by atoms with E-state index in [0.717, 1.165) is 23.4 Å². The van der Waals surface area contributed by atoms with E-state index in [1.54, 1.807) is 35.4 Å². The summed E-state index contributed by atoms with van der Waals surface area (Å²) < 4.78 is 28.7. The van der Waals surface area contributed by atoms with Crippen LogP contribution in [0.3, 0.4) is 0 Å². The van der Waals surface area contributed by atoms with E-state index < -0.39 is 17.4 Å². The van der Waals surface area contributed by atoms with Gasteiger partial charge >= 0.3 is 0 Å². The Labute approximate surface area is 165 Å². The molecule has 0 atom stereocenters. The third kappa shape index (κ3) is 4.01. The molecule has 0 amide bonds. The molecular formula is C23H15F2N3O. The number of hydrogen-bond donors (Lipinski definition) is 0. The Morgan fingerprint density at radius 2 is 1.83 bits per heavy atom. The molecule has 4 rings (SSSR count). The van der Waals surface area contributed by atoms with Gasteiger partial charge in [0.15, 0.2) is 5.78 Å². The molecule has 0 saturated heterocycles. The second kappa shape index (κ2) is 7.98. The summed E-state index contributed by atoms with van der Waals surface area (Å²) in [6.45, 7) is 0. The zero-order valence-corrected chi connectivity index (χ0v) is 15.2. The van der Waals surface area contributed by atoms with Crippen LogP contribution >= 0.6 is 0 Å². The Kier molecular flexibility index (Phi) is 5.07. The molecule has 0 aliphatic heterocycles. The maximum Gasteiger partial charge on any atom is 0.188 e. The summed E-state index contributed by atoms with van der Waals surface area (Å²) in [7, 11) is 0. The molecule has 0 N–H and O–H groups in total. The molecule has 0 saturated carbocycles. The number of para-hydroxylation sites is 1. The summed E-state index contributed by atoms with van der Waals surface area (Å²) in [5.41, 5.74) is 2.74. The van der Waals surface area contributed by atoms with Gasteiger partial charge in [-0.15, -0.1) is 0 Å². The minimum atomic E-state index is -0.896. The summed E-state index contributed by atoms with van der Waals surface area (Å²) >= 11 is 0. The minimum absolute atomic E-state index is 0.193. The lowest BCUT2D eigenvalue weighted by Crippen LogP contribution is -1.99. The Bertz CT molecular complexity index is 1190. The molecular weight excluding hydrogens is 372 g/mol. The Hall–Kier alpha value is -3.93. The van der Waals surface area contributed by atoms with Crippen molar-refractivity contribution < 1.29 is 13.6 Å². The molecule has 2 aromatic heterocycles. The highest BCUT2D eigenvalue weighted by molar-refractivity contribution is 6.07. The molecule has 4 aromatic rings. The number of halogens is 2. The lowest BCUT2D eigenvalue weighted by molar-refractivity contribution is 0.104. The highest BCUT2D eigenvalue weighted by Crippen LogP contribution is 2.24. The van der Waals surface area contributed by atoms with Gasteiger partial charge in [-0.3, -0.25) is 9.78 Å². The van der Waals surface area contributed by atoms with Crippen molar-refractivity contribution >= 4 is 11.9 Å². The summed E-state index contributed by atoms with van der Waals surface area (Å²) in [4.78, 5) is 16.5. The summed E-state index contributed by atoms with van der Waals surface area (Å²) in [5, 5.41) is 4.62. The summed E-state index contributed by atoms with van der Waals surface area (Å²) in [5.74, 6) is -2.19. The zero-order valence-electron chi connectivity index (χ0n) is 15.2. The lowest BCUT2D eigenvalue weighted by atomic mass is 10.1. The second-order valence-corrected chi connectivity index (χ2v) is 6.28. The predicted octanol–water partition coefficient (Wildman–Crippen LogP) is 5.11. The van der Waals surface area contributed by atoms with Crippen molar-refractivity contribution in [3.8, 4) is 16.9 Å². The quantitative estimate of drug-likeness (QED) is 0.353. The van der Waals surface area contributed by atoms with Crippen molar-refractivity contribution in [1.29, 1.82) is 0 Å².